The van der Waals surface area contributed by atoms with Crippen molar-refractivity contribution in [3.63, 3.8) is 0 Å². The second kappa shape index (κ2) is 9.61. The van der Waals surface area contributed by atoms with Gasteiger partial charge < -0.3 is 25.2 Å². The van der Waals surface area contributed by atoms with Crippen molar-refractivity contribution < 1.29 is 26.9 Å². The Bertz CT molecular complexity index is 1010. The van der Waals surface area contributed by atoms with E-state index in [2.05, 4.69) is 15.6 Å². The minimum atomic E-state index is -1.50. The maximum atomic E-state index is 12.5. The van der Waals surface area contributed by atoms with Crippen LogP contribution in [0.25, 0.3) is 0 Å². The van der Waals surface area contributed by atoms with Crippen LogP contribution in [0, 0.1) is 0 Å². The van der Waals surface area contributed by atoms with Crippen molar-refractivity contribution >= 4 is 17.6 Å². The van der Waals surface area contributed by atoms with E-state index in [1.165, 1.54) is 23.8 Å². The number of anilines is 1. The molecule has 0 bridgehead atoms. The Morgan fingerprint density at radius 3 is 2.83 bits per heavy atom. The quantitative estimate of drug-likeness (QED) is 0.593. The van der Waals surface area contributed by atoms with Crippen LogP contribution in [-0.4, -0.2) is 52.3 Å². The highest BCUT2D eigenvalue weighted by Gasteiger charge is 2.37. The predicted molar refractivity (Wildman–Crippen MR) is 107 cm³/mol. The number of rotatable bonds is 7. The average molecular weight is 419 g/mol. The Kier molecular flexibility index (Phi) is 6.06. The van der Waals surface area contributed by atoms with Crippen molar-refractivity contribution in [3.05, 3.63) is 58.1 Å². The Balaban J connectivity index is 1.70. The molecule has 0 saturated carbocycles. The van der Waals surface area contributed by atoms with Gasteiger partial charge in [0.15, 0.2) is 0 Å². The molecule has 0 radical (unpaired) electrons. The molecule has 1 aliphatic heterocycles. The number of aliphatic hydroxyl groups excluding tert-OH is 1. The maximum Gasteiger partial charge on any atom is 0.351 e. The van der Waals surface area contributed by atoms with E-state index in [1.807, 2.05) is 0 Å². The average Bonchev–Trinajstić information content (AvgIpc) is 3.14. The molecule has 30 heavy (non-hydrogen) atoms. The molecule has 1 unspecified atom stereocenters. The molecule has 0 spiro atoms. The number of aromatic nitrogens is 2. The fraction of sp³-hybridized carbons (Fsp3) is 0.400. The van der Waals surface area contributed by atoms with Gasteiger partial charge in [0.25, 0.3) is 5.91 Å². The van der Waals surface area contributed by atoms with Crippen LogP contribution >= 0.6 is 0 Å². The maximum absolute atomic E-state index is 12.5. The summed E-state index contributed by atoms with van der Waals surface area (Å²) in [7, 11) is -1.50. The Morgan fingerprint density at radius 2 is 2.20 bits per heavy atom. The highest BCUT2D eigenvalue weighted by Crippen LogP contribution is 2.28. The molecule has 4 atom stereocenters. The summed E-state index contributed by atoms with van der Waals surface area (Å²) in [6.07, 6.45) is 0.302. The van der Waals surface area contributed by atoms with Gasteiger partial charge in [-0.2, -0.15) is 4.98 Å². The SMILES string of the molecule is [2H]C([3H])OC[C@H]1O[C@@H](n2ccc(NC(=O)c3ccc(CO)cc3)nc2=O)C[C@H]1NC(C)=O. The van der Waals surface area contributed by atoms with Crippen molar-refractivity contribution in [2.75, 3.05) is 19.0 Å². The van der Waals surface area contributed by atoms with Gasteiger partial charge in [-0.3, -0.25) is 14.2 Å². The van der Waals surface area contributed by atoms with Gasteiger partial charge in [0, 0.05) is 32.2 Å². The summed E-state index contributed by atoms with van der Waals surface area (Å²) in [6, 6.07) is 7.32. The number of carbonyl (C=O) groups is 2. The minimum absolute atomic E-state index is 0.0602. The summed E-state index contributed by atoms with van der Waals surface area (Å²) >= 11 is 0. The van der Waals surface area contributed by atoms with Gasteiger partial charge >= 0.3 is 5.69 Å². The van der Waals surface area contributed by atoms with Crippen LogP contribution in [0.5, 0.6) is 0 Å². The van der Waals surface area contributed by atoms with Gasteiger partial charge in [-0.15, -0.1) is 0 Å². The topological polar surface area (TPSA) is 132 Å². The fourth-order valence-electron chi connectivity index (χ4n) is 3.22. The lowest BCUT2D eigenvalue weighted by atomic mass is 10.1. The van der Waals surface area contributed by atoms with Gasteiger partial charge in [0.2, 0.25) is 5.91 Å². The molecule has 1 saturated heterocycles. The molecule has 1 aromatic carbocycles. The number of nitrogens with zero attached hydrogens (tertiary/aromatic N) is 2. The van der Waals surface area contributed by atoms with Gasteiger partial charge in [-0.1, -0.05) is 12.1 Å². The van der Waals surface area contributed by atoms with Crippen molar-refractivity contribution in [3.8, 4) is 0 Å². The lowest BCUT2D eigenvalue weighted by Crippen LogP contribution is -2.41. The molecule has 10 nitrogen and oxygen atoms in total. The van der Waals surface area contributed by atoms with Gasteiger partial charge in [0.1, 0.15) is 18.1 Å². The van der Waals surface area contributed by atoms with E-state index >= 15 is 0 Å². The number of ether oxygens (including phenoxy) is 2. The first kappa shape index (κ1) is 18.9. The molecule has 3 N–H and O–H groups in total. The van der Waals surface area contributed by atoms with E-state index in [4.69, 9.17) is 17.3 Å². The Morgan fingerprint density at radius 1 is 1.43 bits per heavy atom. The van der Waals surface area contributed by atoms with Crippen LogP contribution in [0.15, 0.2) is 41.3 Å². The number of benzene rings is 1. The van der Waals surface area contributed by atoms with Gasteiger partial charge in [-0.05, 0) is 23.8 Å². The third-order valence-electron chi connectivity index (χ3n) is 4.67. The van der Waals surface area contributed by atoms with Crippen LogP contribution in [0.1, 0.15) is 38.2 Å². The summed E-state index contributed by atoms with van der Waals surface area (Å²) in [6.45, 7) is 1.13. The summed E-state index contributed by atoms with van der Waals surface area (Å²) in [4.78, 5) is 40.3. The summed E-state index contributed by atoms with van der Waals surface area (Å²) in [5.41, 5.74) is 0.349. The highest BCUT2D eigenvalue weighted by molar-refractivity contribution is 6.03. The number of aliphatic hydroxyl groups is 1. The zero-order valence-corrected chi connectivity index (χ0v) is 16.3. The van der Waals surface area contributed by atoms with Crippen LogP contribution in [0.3, 0.4) is 0 Å². The second-order valence-corrected chi connectivity index (χ2v) is 6.82. The second-order valence-electron chi connectivity index (χ2n) is 6.82. The van der Waals surface area contributed by atoms with E-state index < -0.39 is 37.0 Å². The third kappa shape index (κ3) is 5.09. The Labute approximate surface area is 175 Å². The predicted octanol–water partition coefficient (Wildman–Crippen LogP) is 0.426. The van der Waals surface area contributed by atoms with E-state index in [9.17, 15) is 14.4 Å². The van der Waals surface area contributed by atoms with E-state index in [1.54, 1.807) is 24.3 Å². The molecule has 2 aromatic rings. The van der Waals surface area contributed by atoms with Crippen molar-refractivity contribution in [1.82, 2.24) is 14.9 Å². The first-order chi connectivity index (χ1) is 15.3. The van der Waals surface area contributed by atoms with Crippen LogP contribution in [-0.2, 0) is 20.9 Å². The number of methoxy groups -OCH3 is 1. The Hall–Kier alpha value is -3.08. The first-order valence-corrected chi connectivity index (χ1v) is 9.26. The molecule has 2 heterocycles. The summed E-state index contributed by atoms with van der Waals surface area (Å²) in [5, 5.41) is 14.3. The smallest absolute Gasteiger partial charge is 0.351 e. The van der Waals surface area contributed by atoms with E-state index in [0.29, 0.717) is 11.1 Å². The van der Waals surface area contributed by atoms with E-state index in [-0.39, 0.29) is 31.4 Å². The monoisotopic (exact) mass is 419 g/mol. The summed E-state index contributed by atoms with van der Waals surface area (Å²) < 4.78 is 26.3. The van der Waals surface area contributed by atoms with Gasteiger partial charge in [0.05, 0.1) is 22.0 Å². The molecule has 2 amide bonds. The van der Waals surface area contributed by atoms with Crippen LogP contribution in [0.2, 0.25) is 0 Å². The summed E-state index contributed by atoms with van der Waals surface area (Å²) in [5.74, 6) is -0.683. The molecular formula is C20H24N4O6. The van der Waals surface area contributed by atoms with Gasteiger partial charge in [-0.25, -0.2) is 4.79 Å². The number of hydrogen-bond acceptors (Lipinski definition) is 7. The molecule has 3 rings (SSSR count). The largest absolute Gasteiger partial charge is 0.392 e. The third-order valence-corrected chi connectivity index (χ3v) is 4.67. The zero-order chi connectivity index (χ0) is 23.3. The molecule has 1 aromatic heterocycles. The van der Waals surface area contributed by atoms with Crippen molar-refractivity contribution in [2.45, 2.75) is 38.3 Å². The fourth-order valence-corrected chi connectivity index (χ4v) is 3.22. The lowest BCUT2D eigenvalue weighted by molar-refractivity contribution is -0.120. The molecule has 1 aliphatic rings. The van der Waals surface area contributed by atoms with Crippen molar-refractivity contribution in [2.24, 2.45) is 0 Å². The molecule has 10 heteroatoms. The molecule has 1 fully saturated rings. The van der Waals surface area contributed by atoms with Crippen molar-refractivity contribution in [1.29, 1.82) is 0 Å². The van der Waals surface area contributed by atoms with E-state index in [0.717, 1.165) is 0 Å². The highest BCUT2D eigenvalue weighted by atomic mass is 16.5. The number of nitrogens with one attached hydrogen (secondary N) is 2. The normalized spacial score (nSPS) is 22.7. The van der Waals surface area contributed by atoms with Crippen LogP contribution in [0.4, 0.5) is 5.82 Å². The number of carbonyl (C=O) groups excluding carboxylic acids is 2. The number of hydrogen-bond donors (Lipinski definition) is 3. The molecule has 0 aliphatic carbocycles. The minimum Gasteiger partial charge on any atom is -0.392 e. The standard InChI is InChI=1S/C20H24N4O6/c1-12(26)21-15-9-18(30-16(15)11-29-2)24-8-7-17(23-20(24)28)22-19(27)14-5-3-13(10-25)4-6-14/h3-8,15-16,18,25H,9-11H2,1-2H3,(H,21,26)(H,22,23,27,28)/t15-,16-,18-/m1/s1/i2TD/t2?,15-,16-,18-. The first-order valence-electron chi connectivity index (χ1n) is 10.4. The zero-order valence-electron chi connectivity index (χ0n) is 18.3. The number of amides is 2. The molecule has 160 valence electrons. The van der Waals surface area contributed by atoms with Crippen LogP contribution < -0.4 is 16.3 Å². The lowest BCUT2D eigenvalue weighted by Gasteiger charge is -2.17. The molecular weight excluding hydrogens is 392 g/mol.